The van der Waals surface area contributed by atoms with Gasteiger partial charge in [-0.2, -0.15) is 0 Å². The van der Waals surface area contributed by atoms with Gasteiger partial charge in [0.15, 0.2) is 0 Å². The average Bonchev–Trinajstić information content (AvgIpc) is 3.07. The molecule has 1 atom stereocenters. The van der Waals surface area contributed by atoms with Crippen LogP contribution in [0, 0.1) is 5.82 Å². The second-order valence-corrected chi connectivity index (χ2v) is 6.67. The predicted octanol–water partition coefficient (Wildman–Crippen LogP) is 3.69. The Balaban J connectivity index is 1.82. The Morgan fingerprint density at radius 2 is 2.38 bits per heavy atom. The molecular formula is C18H23BrFNO3. The van der Waals surface area contributed by atoms with E-state index in [1.54, 1.807) is 23.1 Å². The van der Waals surface area contributed by atoms with Gasteiger partial charge in [-0.15, -0.1) is 6.58 Å². The van der Waals surface area contributed by atoms with Gasteiger partial charge in [-0.25, -0.2) is 4.39 Å². The van der Waals surface area contributed by atoms with E-state index in [0.717, 1.165) is 23.9 Å². The molecule has 1 saturated heterocycles. The molecular weight excluding hydrogens is 377 g/mol. The summed E-state index contributed by atoms with van der Waals surface area (Å²) in [4.78, 5) is 13.9. The van der Waals surface area contributed by atoms with Crippen molar-refractivity contribution in [3.63, 3.8) is 0 Å². The lowest BCUT2D eigenvalue weighted by Crippen LogP contribution is -2.32. The molecule has 2 rings (SSSR count). The first kappa shape index (κ1) is 19.1. The molecule has 4 nitrogen and oxygen atoms in total. The number of carbonyl (C=O) groups is 1. The maximum Gasteiger partial charge on any atom is 0.225 e. The molecule has 1 aliphatic heterocycles. The van der Waals surface area contributed by atoms with Crippen molar-refractivity contribution in [3.05, 3.63) is 46.7 Å². The molecule has 0 spiro atoms. The molecule has 1 amide bonds. The van der Waals surface area contributed by atoms with Gasteiger partial charge in [-0.05, 0) is 31.0 Å². The second-order valence-electron chi connectivity index (χ2n) is 5.76. The van der Waals surface area contributed by atoms with Crippen LogP contribution in [-0.4, -0.2) is 43.3 Å². The van der Waals surface area contributed by atoms with Crippen LogP contribution in [0.1, 0.15) is 24.8 Å². The lowest BCUT2D eigenvalue weighted by molar-refractivity contribution is -0.132. The quantitative estimate of drug-likeness (QED) is 0.469. The molecule has 0 radical (unpaired) electrons. The Morgan fingerprint density at radius 1 is 1.54 bits per heavy atom. The molecule has 0 bridgehead atoms. The maximum atomic E-state index is 13.9. The van der Waals surface area contributed by atoms with E-state index in [1.807, 2.05) is 0 Å². The van der Waals surface area contributed by atoms with Crippen LogP contribution in [0.3, 0.4) is 0 Å². The standard InChI is InChI=1S/C18H23BrFNO3/c1-2-8-21(12-14-11-15(19)5-6-17(14)20)18(22)7-10-23-13-16-4-3-9-24-16/h2,5-6,11,16H,1,3-4,7-10,12-13H2. The van der Waals surface area contributed by atoms with Crippen molar-refractivity contribution < 1.29 is 18.7 Å². The zero-order valence-corrected chi connectivity index (χ0v) is 15.3. The highest BCUT2D eigenvalue weighted by Gasteiger charge is 2.17. The largest absolute Gasteiger partial charge is 0.378 e. The number of halogens is 2. The van der Waals surface area contributed by atoms with Crippen LogP contribution in [0.5, 0.6) is 0 Å². The fourth-order valence-electron chi connectivity index (χ4n) is 2.59. The molecule has 0 saturated carbocycles. The summed E-state index contributed by atoms with van der Waals surface area (Å²) in [5, 5.41) is 0. The highest BCUT2D eigenvalue weighted by molar-refractivity contribution is 9.10. The molecule has 1 aromatic rings. The molecule has 1 heterocycles. The number of hydrogen-bond donors (Lipinski definition) is 0. The van der Waals surface area contributed by atoms with Crippen molar-refractivity contribution in [2.24, 2.45) is 0 Å². The van der Waals surface area contributed by atoms with Gasteiger partial charge >= 0.3 is 0 Å². The van der Waals surface area contributed by atoms with Crippen molar-refractivity contribution in [1.82, 2.24) is 4.90 Å². The molecule has 0 N–H and O–H groups in total. The van der Waals surface area contributed by atoms with Crippen molar-refractivity contribution in [2.75, 3.05) is 26.4 Å². The number of ether oxygens (including phenoxy) is 2. The Bertz CT molecular complexity index is 561. The van der Waals surface area contributed by atoms with Gasteiger partial charge in [0.25, 0.3) is 0 Å². The summed E-state index contributed by atoms with van der Waals surface area (Å²) in [6, 6.07) is 4.71. The topological polar surface area (TPSA) is 38.8 Å². The molecule has 6 heteroatoms. The third kappa shape index (κ3) is 6.00. The van der Waals surface area contributed by atoms with Gasteiger partial charge in [0.1, 0.15) is 5.82 Å². The summed E-state index contributed by atoms with van der Waals surface area (Å²) in [6.07, 6.45) is 4.13. The number of rotatable bonds is 9. The molecule has 24 heavy (non-hydrogen) atoms. The van der Waals surface area contributed by atoms with Crippen molar-refractivity contribution in [1.29, 1.82) is 0 Å². The molecule has 132 valence electrons. The minimum Gasteiger partial charge on any atom is -0.378 e. The van der Waals surface area contributed by atoms with E-state index < -0.39 is 0 Å². The smallest absolute Gasteiger partial charge is 0.225 e. The monoisotopic (exact) mass is 399 g/mol. The Labute approximate surface area is 150 Å². The van der Waals surface area contributed by atoms with E-state index in [1.165, 1.54) is 6.07 Å². The number of amides is 1. The van der Waals surface area contributed by atoms with Crippen LogP contribution in [0.4, 0.5) is 4.39 Å². The van der Waals surface area contributed by atoms with Crippen LogP contribution in [0.25, 0.3) is 0 Å². The summed E-state index contributed by atoms with van der Waals surface area (Å²) >= 11 is 3.32. The zero-order chi connectivity index (χ0) is 17.4. The summed E-state index contributed by atoms with van der Waals surface area (Å²) in [7, 11) is 0. The van der Waals surface area contributed by atoms with Crippen molar-refractivity contribution in [2.45, 2.75) is 31.9 Å². The van der Waals surface area contributed by atoms with Gasteiger partial charge < -0.3 is 14.4 Å². The fourth-order valence-corrected chi connectivity index (χ4v) is 3.00. The van der Waals surface area contributed by atoms with Crippen LogP contribution in [0.15, 0.2) is 35.3 Å². The van der Waals surface area contributed by atoms with E-state index in [9.17, 15) is 9.18 Å². The molecule has 0 aromatic heterocycles. The highest BCUT2D eigenvalue weighted by atomic mass is 79.9. The van der Waals surface area contributed by atoms with Crippen LogP contribution >= 0.6 is 15.9 Å². The van der Waals surface area contributed by atoms with E-state index in [0.29, 0.717) is 25.3 Å². The number of hydrogen-bond acceptors (Lipinski definition) is 3. The van der Waals surface area contributed by atoms with E-state index in [4.69, 9.17) is 9.47 Å². The first-order valence-electron chi connectivity index (χ1n) is 8.12. The summed E-state index contributed by atoms with van der Waals surface area (Å²) in [5.74, 6) is -0.406. The molecule has 1 aromatic carbocycles. The van der Waals surface area contributed by atoms with Crippen molar-refractivity contribution >= 4 is 21.8 Å². The first-order chi connectivity index (χ1) is 11.6. The maximum absolute atomic E-state index is 13.9. The highest BCUT2D eigenvalue weighted by Crippen LogP contribution is 2.18. The lowest BCUT2D eigenvalue weighted by atomic mass is 10.2. The first-order valence-corrected chi connectivity index (χ1v) is 8.91. The third-order valence-electron chi connectivity index (χ3n) is 3.86. The summed E-state index contributed by atoms with van der Waals surface area (Å²) in [5.41, 5.74) is 0.472. The fraction of sp³-hybridized carbons (Fsp3) is 0.500. The molecule has 1 unspecified atom stereocenters. The van der Waals surface area contributed by atoms with Gasteiger partial charge in [0.2, 0.25) is 5.91 Å². The molecule has 0 aliphatic carbocycles. The number of benzene rings is 1. The summed E-state index contributed by atoms with van der Waals surface area (Å²) < 4.78 is 25.7. The van der Waals surface area contributed by atoms with Crippen LogP contribution < -0.4 is 0 Å². The predicted molar refractivity (Wildman–Crippen MR) is 94.1 cm³/mol. The van der Waals surface area contributed by atoms with Crippen LogP contribution in [0.2, 0.25) is 0 Å². The third-order valence-corrected chi connectivity index (χ3v) is 4.35. The van der Waals surface area contributed by atoms with Gasteiger partial charge in [0, 0.05) is 29.7 Å². The minimum atomic E-state index is -0.324. The van der Waals surface area contributed by atoms with E-state index in [2.05, 4.69) is 22.5 Å². The average molecular weight is 400 g/mol. The molecule has 1 fully saturated rings. The van der Waals surface area contributed by atoms with Crippen LogP contribution in [-0.2, 0) is 20.8 Å². The lowest BCUT2D eigenvalue weighted by Gasteiger charge is -2.22. The normalized spacial score (nSPS) is 17.0. The van der Waals surface area contributed by atoms with Gasteiger partial charge in [0.05, 0.1) is 25.7 Å². The van der Waals surface area contributed by atoms with E-state index >= 15 is 0 Å². The minimum absolute atomic E-state index is 0.0818. The van der Waals surface area contributed by atoms with Gasteiger partial charge in [-0.3, -0.25) is 4.79 Å². The number of nitrogens with zero attached hydrogens (tertiary/aromatic N) is 1. The van der Waals surface area contributed by atoms with Gasteiger partial charge in [-0.1, -0.05) is 22.0 Å². The Hall–Kier alpha value is -1.24. The number of carbonyl (C=O) groups excluding carboxylic acids is 1. The zero-order valence-electron chi connectivity index (χ0n) is 13.7. The Morgan fingerprint density at radius 3 is 3.08 bits per heavy atom. The second kappa shape index (κ2) is 9.91. The van der Waals surface area contributed by atoms with Crippen molar-refractivity contribution in [3.8, 4) is 0 Å². The molecule has 1 aliphatic rings. The van der Waals surface area contributed by atoms with E-state index in [-0.39, 0.29) is 30.8 Å². The summed E-state index contributed by atoms with van der Waals surface area (Å²) in [6.45, 7) is 5.90. The Kier molecular flexibility index (Phi) is 7.88. The SMILES string of the molecule is C=CCN(Cc1cc(Br)ccc1F)C(=O)CCOCC1CCCO1.